The van der Waals surface area contributed by atoms with Crippen LogP contribution in [0.3, 0.4) is 0 Å². The Balaban J connectivity index is 1.89. The number of para-hydroxylation sites is 1. The van der Waals surface area contributed by atoms with Gasteiger partial charge in [0.05, 0.1) is 0 Å². The van der Waals surface area contributed by atoms with Crippen LogP contribution in [0, 0.1) is 0 Å². The van der Waals surface area contributed by atoms with Crippen molar-refractivity contribution in [3.63, 3.8) is 0 Å². The zero-order valence-electron chi connectivity index (χ0n) is 14.4. The van der Waals surface area contributed by atoms with Crippen LogP contribution in [-0.2, 0) is 6.42 Å². The van der Waals surface area contributed by atoms with Gasteiger partial charge < -0.3 is 4.42 Å². The van der Waals surface area contributed by atoms with Crippen LogP contribution < -0.4 is 0 Å². The molecule has 5 aromatic rings. The molecule has 0 saturated heterocycles. The number of hydrogen-bond acceptors (Lipinski definition) is 1. The Morgan fingerprint density at radius 1 is 0.760 bits per heavy atom. The first kappa shape index (κ1) is 14.5. The summed E-state index contributed by atoms with van der Waals surface area (Å²) in [6.07, 6.45) is 3.47. The number of hydrogen-bond donors (Lipinski definition) is 0. The largest absolute Gasteiger partial charge is 0.456 e. The molecule has 1 aromatic heterocycles. The Labute approximate surface area is 146 Å². The summed E-state index contributed by atoms with van der Waals surface area (Å²) in [5.41, 5.74) is 3.37. The number of furan rings is 1. The summed E-state index contributed by atoms with van der Waals surface area (Å²) in [6.45, 7) is 2.23. The van der Waals surface area contributed by atoms with Gasteiger partial charge in [-0.1, -0.05) is 61.9 Å². The van der Waals surface area contributed by atoms with Gasteiger partial charge in [-0.05, 0) is 58.1 Å². The van der Waals surface area contributed by atoms with Gasteiger partial charge in [-0.25, -0.2) is 0 Å². The lowest BCUT2D eigenvalue weighted by atomic mass is 9.98. The van der Waals surface area contributed by atoms with Crippen molar-refractivity contribution in [1.29, 1.82) is 0 Å². The first-order valence-corrected chi connectivity index (χ1v) is 9.11. The molecule has 0 radical (unpaired) electrons. The molecular formula is C24H20O. The lowest BCUT2D eigenvalue weighted by Gasteiger charge is -2.04. The molecule has 1 heterocycles. The van der Waals surface area contributed by atoms with Gasteiger partial charge in [0.2, 0.25) is 0 Å². The lowest BCUT2D eigenvalue weighted by Crippen LogP contribution is -1.84. The van der Waals surface area contributed by atoms with Gasteiger partial charge in [-0.3, -0.25) is 0 Å². The van der Waals surface area contributed by atoms with Crippen LogP contribution >= 0.6 is 0 Å². The Kier molecular flexibility index (Phi) is 3.27. The zero-order valence-corrected chi connectivity index (χ0v) is 14.4. The van der Waals surface area contributed by atoms with Crippen molar-refractivity contribution in [3.05, 3.63) is 72.3 Å². The second-order valence-electron chi connectivity index (χ2n) is 6.86. The van der Waals surface area contributed by atoms with E-state index in [1.807, 2.05) is 0 Å². The summed E-state index contributed by atoms with van der Waals surface area (Å²) in [4.78, 5) is 0. The van der Waals surface area contributed by atoms with E-state index in [-0.39, 0.29) is 0 Å². The van der Waals surface area contributed by atoms with Crippen molar-refractivity contribution in [2.24, 2.45) is 0 Å². The summed E-state index contributed by atoms with van der Waals surface area (Å²) >= 11 is 0. The van der Waals surface area contributed by atoms with E-state index in [1.54, 1.807) is 0 Å². The molecule has 0 aliphatic rings. The topological polar surface area (TPSA) is 13.1 Å². The maximum absolute atomic E-state index is 6.30. The third kappa shape index (κ3) is 2.23. The fourth-order valence-corrected chi connectivity index (χ4v) is 3.93. The van der Waals surface area contributed by atoms with Crippen molar-refractivity contribution in [3.8, 4) is 0 Å². The van der Waals surface area contributed by atoms with Crippen LogP contribution in [0.1, 0.15) is 25.3 Å². The molecule has 0 fully saturated rings. The minimum Gasteiger partial charge on any atom is -0.456 e. The highest BCUT2D eigenvalue weighted by molar-refractivity contribution is 6.21. The van der Waals surface area contributed by atoms with Crippen molar-refractivity contribution in [1.82, 2.24) is 0 Å². The molecule has 0 atom stereocenters. The van der Waals surface area contributed by atoms with Crippen molar-refractivity contribution in [2.45, 2.75) is 26.2 Å². The third-order valence-electron chi connectivity index (χ3n) is 5.23. The van der Waals surface area contributed by atoms with E-state index in [9.17, 15) is 0 Å². The Morgan fingerprint density at radius 3 is 2.44 bits per heavy atom. The minimum atomic E-state index is 0.988. The number of unbranched alkanes of at least 4 members (excludes halogenated alkanes) is 1. The normalized spacial score (nSPS) is 11.9. The molecule has 0 spiro atoms. The maximum atomic E-state index is 6.30. The van der Waals surface area contributed by atoms with E-state index in [2.05, 4.69) is 73.7 Å². The highest BCUT2D eigenvalue weighted by Crippen LogP contribution is 2.37. The fourth-order valence-electron chi connectivity index (χ4n) is 3.93. The van der Waals surface area contributed by atoms with Gasteiger partial charge in [0, 0.05) is 10.8 Å². The van der Waals surface area contributed by atoms with E-state index in [0.29, 0.717) is 0 Å². The minimum absolute atomic E-state index is 0.988. The molecule has 1 nitrogen and oxygen atoms in total. The third-order valence-corrected chi connectivity index (χ3v) is 5.23. The Hall–Kier alpha value is -2.80. The van der Waals surface area contributed by atoms with Gasteiger partial charge in [-0.2, -0.15) is 0 Å². The monoisotopic (exact) mass is 324 g/mol. The highest BCUT2D eigenvalue weighted by Gasteiger charge is 2.13. The Bertz CT molecular complexity index is 1230. The van der Waals surface area contributed by atoms with E-state index in [1.165, 1.54) is 50.7 Å². The van der Waals surface area contributed by atoms with Crippen molar-refractivity contribution < 1.29 is 4.42 Å². The predicted octanol–water partition coefficient (Wildman–Crippen LogP) is 7.24. The average molecular weight is 324 g/mol. The summed E-state index contributed by atoms with van der Waals surface area (Å²) in [7, 11) is 0. The van der Waals surface area contributed by atoms with Crippen LogP contribution in [-0.4, -0.2) is 0 Å². The van der Waals surface area contributed by atoms with Gasteiger partial charge >= 0.3 is 0 Å². The number of aryl methyl sites for hydroxylation is 1. The van der Waals surface area contributed by atoms with Gasteiger partial charge in [-0.15, -0.1) is 0 Å². The van der Waals surface area contributed by atoms with Crippen molar-refractivity contribution >= 4 is 43.5 Å². The second-order valence-corrected chi connectivity index (χ2v) is 6.86. The molecule has 25 heavy (non-hydrogen) atoms. The highest BCUT2D eigenvalue weighted by atomic mass is 16.3. The van der Waals surface area contributed by atoms with Crippen molar-refractivity contribution in [2.75, 3.05) is 0 Å². The number of fused-ring (bicyclic) bond motifs is 6. The molecule has 0 bridgehead atoms. The summed E-state index contributed by atoms with van der Waals surface area (Å²) < 4.78 is 6.30. The zero-order chi connectivity index (χ0) is 16.8. The Morgan fingerprint density at radius 2 is 1.60 bits per heavy atom. The van der Waals surface area contributed by atoms with Crippen LogP contribution in [0.5, 0.6) is 0 Å². The summed E-state index contributed by atoms with van der Waals surface area (Å²) in [6, 6.07) is 24.0. The SMILES string of the molecule is CCCCc1cccc2c1oc1ccc3cc4ccccc4cc3c12. The van der Waals surface area contributed by atoms with Crippen LogP contribution in [0.4, 0.5) is 0 Å². The molecule has 0 saturated carbocycles. The predicted molar refractivity (Wildman–Crippen MR) is 107 cm³/mol. The molecule has 5 rings (SSSR count). The first-order valence-electron chi connectivity index (χ1n) is 9.11. The molecule has 0 aliphatic carbocycles. The molecular weight excluding hydrogens is 304 g/mol. The molecule has 0 N–H and O–H groups in total. The fraction of sp³-hybridized carbons (Fsp3) is 0.167. The quantitative estimate of drug-likeness (QED) is 0.319. The molecule has 0 amide bonds. The average Bonchev–Trinajstić information content (AvgIpc) is 3.04. The first-order chi connectivity index (χ1) is 12.3. The van der Waals surface area contributed by atoms with Gasteiger partial charge in [0.25, 0.3) is 0 Å². The lowest BCUT2D eigenvalue weighted by molar-refractivity contribution is 0.658. The van der Waals surface area contributed by atoms with Gasteiger partial charge in [0.1, 0.15) is 11.2 Å². The molecule has 0 aliphatic heterocycles. The van der Waals surface area contributed by atoms with Crippen LogP contribution in [0.2, 0.25) is 0 Å². The molecule has 4 aromatic carbocycles. The van der Waals surface area contributed by atoms with E-state index in [0.717, 1.165) is 17.6 Å². The van der Waals surface area contributed by atoms with E-state index in [4.69, 9.17) is 4.42 Å². The van der Waals surface area contributed by atoms with E-state index >= 15 is 0 Å². The molecule has 0 unspecified atom stereocenters. The van der Waals surface area contributed by atoms with E-state index < -0.39 is 0 Å². The number of rotatable bonds is 3. The van der Waals surface area contributed by atoms with Crippen LogP contribution in [0.15, 0.2) is 71.1 Å². The molecule has 1 heteroatoms. The van der Waals surface area contributed by atoms with Crippen LogP contribution in [0.25, 0.3) is 43.5 Å². The summed E-state index contributed by atoms with van der Waals surface area (Å²) in [5.74, 6) is 0. The standard InChI is InChI=1S/C24H20O/c1-2-3-7-16-10-6-11-20-23-21-15-18-9-5-4-8-17(18)14-19(21)12-13-22(23)25-24(16)20/h4-6,8-15H,2-3,7H2,1H3. The number of benzene rings is 4. The second kappa shape index (κ2) is 5.63. The summed E-state index contributed by atoms with van der Waals surface area (Å²) in [5, 5.41) is 7.60. The molecule has 122 valence electrons. The smallest absolute Gasteiger partial charge is 0.138 e. The van der Waals surface area contributed by atoms with Gasteiger partial charge in [0.15, 0.2) is 0 Å². The maximum Gasteiger partial charge on any atom is 0.138 e.